The first kappa shape index (κ1) is 20.9. The highest BCUT2D eigenvalue weighted by molar-refractivity contribution is 5.94. The zero-order chi connectivity index (χ0) is 22.6. The van der Waals surface area contributed by atoms with E-state index >= 15 is 0 Å². The van der Waals surface area contributed by atoms with E-state index in [1.54, 1.807) is 7.11 Å². The maximum absolute atomic E-state index is 12.7. The average Bonchev–Trinajstić information content (AvgIpc) is 3.55. The lowest BCUT2D eigenvalue weighted by Gasteiger charge is -2.20. The van der Waals surface area contributed by atoms with Crippen molar-refractivity contribution in [2.75, 3.05) is 30.4 Å². The summed E-state index contributed by atoms with van der Waals surface area (Å²) in [5.41, 5.74) is 2.38. The van der Waals surface area contributed by atoms with Crippen LogP contribution in [0.3, 0.4) is 0 Å². The maximum Gasteiger partial charge on any atom is 0.227 e. The normalized spacial score (nSPS) is 13.4. The van der Waals surface area contributed by atoms with Crippen molar-refractivity contribution < 1.29 is 14.1 Å². The van der Waals surface area contributed by atoms with Gasteiger partial charge in [-0.1, -0.05) is 17.3 Å². The van der Waals surface area contributed by atoms with Crippen LogP contribution in [-0.2, 0) is 11.2 Å². The first-order valence-corrected chi connectivity index (χ1v) is 11.0. The van der Waals surface area contributed by atoms with Gasteiger partial charge in [-0.25, -0.2) is 9.97 Å². The summed E-state index contributed by atoms with van der Waals surface area (Å²) in [6.07, 6.45) is 2.73. The van der Waals surface area contributed by atoms with Crippen molar-refractivity contribution in [1.29, 1.82) is 0 Å². The number of aromatic nitrogens is 4. The molecule has 1 aliphatic heterocycles. The monoisotopic (exact) mass is 444 g/mol. The van der Waals surface area contributed by atoms with Crippen molar-refractivity contribution in [2.24, 2.45) is 0 Å². The minimum atomic E-state index is -0.177. The molecule has 1 saturated heterocycles. The van der Waals surface area contributed by atoms with Crippen LogP contribution in [0, 0.1) is 0 Å². The number of carbonyl (C=O) groups excluding carboxylic acids is 1. The fraction of sp³-hybridized carbons (Fsp3) is 0.292. The molecule has 1 N–H and O–H groups in total. The van der Waals surface area contributed by atoms with Gasteiger partial charge in [-0.15, -0.1) is 0 Å². The van der Waals surface area contributed by atoms with Crippen LogP contribution in [-0.4, -0.2) is 46.2 Å². The molecule has 0 unspecified atom stereocenters. The third-order valence-electron chi connectivity index (χ3n) is 5.60. The van der Waals surface area contributed by atoms with Gasteiger partial charge in [-0.3, -0.25) is 4.79 Å². The van der Waals surface area contributed by atoms with Crippen LogP contribution in [0.25, 0.3) is 22.4 Å². The van der Waals surface area contributed by atoms with E-state index in [1.807, 2.05) is 48.5 Å². The number of nitrogens with one attached hydrogen (secondary N) is 1. The van der Waals surface area contributed by atoms with E-state index in [0.717, 1.165) is 54.1 Å². The number of hydrogen-bond donors (Lipinski definition) is 1. The first-order chi connectivity index (χ1) is 16.2. The summed E-state index contributed by atoms with van der Waals surface area (Å²) in [6, 6.07) is 15.1. The van der Waals surface area contributed by atoms with Crippen LogP contribution in [0.4, 0.5) is 11.6 Å². The lowest BCUT2D eigenvalue weighted by Crippen LogP contribution is -2.23. The molecule has 0 aliphatic carbocycles. The lowest BCUT2D eigenvalue weighted by atomic mass is 10.2. The number of hydrogen-bond acceptors (Lipinski definition) is 8. The minimum Gasteiger partial charge on any atom is -0.497 e. The number of anilines is 2. The molecule has 3 heterocycles. The van der Waals surface area contributed by atoms with Crippen molar-refractivity contribution >= 4 is 28.6 Å². The molecule has 0 spiro atoms. The van der Waals surface area contributed by atoms with E-state index in [-0.39, 0.29) is 12.3 Å². The van der Waals surface area contributed by atoms with Crippen LogP contribution < -0.4 is 15.0 Å². The van der Waals surface area contributed by atoms with Gasteiger partial charge in [0.25, 0.3) is 0 Å². The second-order valence-corrected chi connectivity index (χ2v) is 7.87. The molecule has 0 atom stereocenters. The summed E-state index contributed by atoms with van der Waals surface area (Å²) in [5.74, 6) is 2.67. The quantitative estimate of drug-likeness (QED) is 0.458. The van der Waals surface area contributed by atoms with Crippen molar-refractivity contribution in [3.05, 3.63) is 54.4 Å². The summed E-state index contributed by atoms with van der Waals surface area (Å²) in [6.45, 7) is 1.82. The molecule has 9 heteroatoms. The number of ether oxygens (including phenoxy) is 1. The number of amides is 1. The third kappa shape index (κ3) is 4.62. The molecule has 5 rings (SSSR count). The number of benzene rings is 2. The molecule has 1 aliphatic rings. The second kappa shape index (κ2) is 9.23. The standard InChI is InChI=1S/C24H24N6O3/c1-32-17-10-8-16(9-11-17)22-28-21(33-29-22)13-12-20(31)27-23-24(30-14-4-5-15-30)26-19-7-3-2-6-18(19)25-23/h2-3,6-11H,4-5,12-15H2,1H3,(H,25,27,31). The molecule has 4 aromatic rings. The maximum atomic E-state index is 12.7. The molecule has 9 nitrogen and oxygen atoms in total. The smallest absolute Gasteiger partial charge is 0.227 e. The second-order valence-electron chi connectivity index (χ2n) is 7.87. The average molecular weight is 444 g/mol. The van der Waals surface area contributed by atoms with E-state index in [0.29, 0.717) is 24.0 Å². The van der Waals surface area contributed by atoms with Gasteiger partial charge >= 0.3 is 0 Å². The van der Waals surface area contributed by atoms with Crippen LogP contribution in [0.2, 0.25) is 0 Å². The topological polar surface area (TPSA) is 106 Å². The molecule has 0 bridgehead atoms. The Morgan fingerprint density at radius 3 is 2.48 bits per heavy atom. The van der Waals surface area contributed by atoms with Crippen molar-refractivity contribution in [1.82, 2.24) is 20.1 Å². The molecule has 0 saturated carbocycles. The largest absolute Gasteiger partial charge is 0.497 e. The molecule has 0 radical (unpaired) electrons. The summed E-state index contributed by atoms with van der Waals surface area (Å²) in [7, 11) is 1.62. The Hall–Kier alpha value is -4.01. The molecular formula is C24H24N6O3. The molecule has 2 aromatic carbocycles. The van der Waals surface area contributed by atoms with Crippen molar-refractivity contribution in [2.45, 2.75) is 25.7 Å². The van der Waals surface area contributed by atoms with Crippen LogP contribution >= 0.6 is 0 Å². The summed E-state index contributed by atoms with van der Waals surface area (Å²) >= 11 is 0. The van der Waals surface area contributed by atoms with Gasteiger partial charge in [0.1, 0.15) is 5.75 Å². The molecule has 33 heavy (non-hydrogen) atoms. The number of carbonyl (C=O) groups is 1. The van der Waals surface area contributed by atoms with Gasteiger partial charge in [0, 0.05) is 31.5 Å². The fourth-order valence-corrected chi connectivity index (χ4v) is 3.85. The summed E-state index contributed by atoms with van der Waals surface area (Å²) in [5, 5.41) is 6.96. The predicted octanol–water partition coefficient (Wildman–Crippen LogP) is 3.86. The Morgan fingerprint density at radius 1 is 1.03 bits per heavy atom. The van der Waals surface area contributed by atoms with E-state index in [9.17, 15) is 4.79 Å². The number of fused-ring (bicyclic) bond motifs is 1. The highest BCUT2D eigenvalue weighted by atomic mass is 16.5. The number of para-hydroxylation sites is 2. The first-order valence-electron chi connectivity index (χ1n) is 11.0. The SMILES string of the molecule is COc1ccc(-c2noc(CCC(=O)Nc3nc4ccccc4nc3N3CCCC3)n2)cc1. The van der Waals surface area contributed by atoms with Crippen LogP contribution in [0.5, 0.6) is 5.75 Å². The highest BCUT2D eigenvalue weighted by Gasteiger charge is 2.21. The van der Waals surface area contributed by atoms with Gasteiger partial charge < -0.3 is 19.5 Å². The Labute approximate surface area is 190 Å². The summed E-state index contributed by atoms with van der Waals surface area (Å²) < 4.78 is 10.5. The lowest BCUT2D eigenvalue weighted by molar-refractivity contribution is -0.116. The zero-order valence-corrected chi connectivity index (χ0v) is 18.3. The number of methoxy groups -OCH3 is 1. The molecular weight excluding hydrogens is 420 g/mol. The molecule has 1 fully saturated rings. The van der Waals surface area contributed by atoms with Gasteiger partial charge in [0.2, 0.25) is 17.6 Å². The van der Waals surface area contributed by atoms with Gasteiger partial charge in [0.15, 0.2) is 11.6 Å². The zero-order valence-electron chi connectivity index (χ0n) is 18.3. The van der Waals surface area contributed by atoms with E-state index in [2.05, 4.69) is 25.3 Å². The molecule has 2 aromatic heterocycles. The van der Waals surface area contributed by atoms with Gasteiger partial charge in [-0.05, 0) is 49.2 Å². The minimum absolute atomic E-state index is 0.177. The Morgan fingerprint density at radius 2 is 1.76 bits per heavy atom. The van der Waals surface area contributed by atoms with Gasteiger partial charge in [0.05, 0.1) is 18.1 Å². The highest BCUT2D eigenvalue weighted by Crippen LogP contribution is 2.28. The van der Waals surface area contributed by atoms with E-state index in [1.165, 1.54) is 0 Å². The van der Waals surface area contributed by atoms with Crippen molar-refractivity contribution in [3.63, 3.8) is 0 Å². The third-order valence-corrected chi connectivity index (χ3v) is 5.60. The fourth-order valence-electron chi connectivity index (χ4n) is 3.85. The summed E-state index contributed by atoms with van der Waals surface area (Å²) in [4.78, 5) is 28.8. The van der Waals surface area contributed by atoms with E-state index in [4.69, 9.17) is 14.2 Å². The number of aryl methyl sites for hydroxylation is 1. The van der Waals surface area contributed by atoms with E-state index < -0.39 is 0 Å². The Kier molecular flexibility index (Phi) is 5.84. The predicted molar refractivity (Wildman–Crippen MR) is 124 cm³/mol. The van der Waals surface area contributed by atoms with Crippen molar-refractivity contribution in [3.8, 4) is 17.1 Å². The number of nitrogens with zero attached hydrogens (tertiary/aromatic N) is 5. The van der Waals surface area contributed by atoms with Crippen LogP contribution in [0.1, 0.15) is 25.2 Å². The Balaban J connectivity index is 1.27. The van der Waals surface area contributed by atoms with Gasteiger partial charge in [-0.2, -0.15) is 4.98 Å². The number of rotatable bonds is 7. The van der Waals surface area contributed by atoms with Crippen LogP contribution in [0.15, 0.2) is 53.1 Å². The Bertz CT molecular complexity index is 1260. The molecule has 1 amide bonds. The molecule has 168 valence electrons.